The normalized spacial score (nSPS) is 12.2. The number of benzene rings is 2. The van der Waals surface area contributed by atoms with E-state index in [9.17, 15) is 33.6 Å². The van der Waals surface area contributed by atoms with Crippen molar-refractivity contribution in [3.8, 4) is 0 Å². The van der Waals surface area contributed by atoms with Crippen molar-refractivity contribution in [1.29, 1.82) is 0 Å². The summed E-state index contributed by atoms with van der Waals surface area (Å²) in [6, 6.07) is 22.3. The Morgan fingerprint density at radius 1 is 0.838 bits per heavy atom. The second-order valence-electron chi connectivity index (χ2n) is 12.8. The molecule has 4 aromatic rings. The van der Waals surface area contributed by atoms with E-state index < -0.39 is 0 Å². The molecule has 2 amide bonds. The van der Waals surface area contributed by atoms with Gasteiger partial charge in [0.05, 0.1) is 40.1 Å². The molecule has 372 valence electrons. The van der Waals surface area contributed by atoms with Gasteiger partial charge in [0, 0.05) is 60.2 Å². The highest BCUT2D eigenvalue weighted by Gasteiger charge is 2.24. The van der Waals surface area contributed by atoms with Gasteiger partial charge in [-0.15, -0.1) is 0 Å². The smallest absolute Gasteiger partial charge is 0.336 e. The Morgan fingerprint density at radius 3 is 1.69 bits per heavy atom. The minimum atomic E-state index is -0.347. The van der Waals surface area contributed by atoms with Gasteiger partial charge in [-0.2, -0.15) is 0 Å². The number of cyclic esters (lactones) is 1. The van der Waals surface area contributed by atoms with Gasteiger partial charge in [-0.25, -0.2) is 19.2 Å². The van der Waals surface area contributed by atoms with Crippen LogP contribution in [-0.4, -0.2) is 74.9 Å². The van der Waals surface area contributed by atoms with E-state index in [4.69, 9.17) is 9.15 Å². The molecule has 14 heteroatoms. The number of ether oxygens (including phenoxy) is 4. The van der Waals surface area contributed by atoms with E-state index >= 15 is 0 Å². The number of esters is 3. The number of methoxy groups -OCH3 is 3. The van der Waals surface area contributed by atoms with Crippen LogP contribution in [0.2, 0.25) is 0 Å². The second kappa shape index (κ2) is 43.3. The highest BCUT2D eigenvalue weighted by Crippen LogP contribution is 2.17. The minimum absolute atomic E-state index is 0.0509. The standard InChI is InChI=1S/C12H14O2.C9H6O2.C6H7NO2.C6H8O2.C5H8O2.C5H8O.C4H4O.C3H6O.2C2H6/c1-3-10-4-6-11(7-5-10)8-9-12(13)14-2;10-9-6-5-7-3-1-2-4-8(7)11-9;1-4-3-5(8)7(2)6(4)9;1-4-3-5(2)8-6(4)7;1-4(2)5(6)7-3;1-3-5(6)4-2;1-2-4-5-3-1;1-3-4-2;2*1-2/h4-9H,3H2,1-2H3;1-6H;3H,1-2H3;5H,1,3H2,2H3;1H2,2-3H3;3H,1,4H2,2H3;1-4H;3H,1H2,2H3;2*1-2H3/b9-8+;;;;;;;;;. The van der Waals surface area contributed by atoms with Gasteiger partial charge in [0.15, 0.2) is 5.78 Å². The third-order valence-electron chi connectivity index (χ3n) is 7.67. The summed E-state index contributed by atoms with van der Waals surface area (Å²) in [6.45, 7) is 30.4. The zero-order valence-electron chi connectivity index (χ0n) is 42.3. The van der Waals surface area contributed by atoms with Gasteiger partial charge < -0.3 is 27.8 Å². The van der Waals surface area contributed by atoms with E-state index in [1.165, 1.54) is 57.4 Å². The van der Waals surface area contributed by atoms with Gasteiger partial charge in [-0.3, -0.25) is 19.3 Å². The van der Waals surface area contributed by atoms with Crippen molar-refractivity contribution in [1.82, 2.24) is 4.90 Å². The topological polar surface area (TPSA) is 186 Å². The summed E-state index contributed by atoms with van der Waals surface area (Å²) >= 11 is 0. The van der Waals surface area contributed by atoms with Crippen LogP contribution in [0.25, 0.3) is 17.0 Å². The minimum Gasteiger partial charge on any atom is -0.505 e. The Kier molecular flexibility index (Phi) is 42.6. The number of carbonyl (C=O) groups excluding carboxylic acids is 6. The van der Waals surface area contributed by atoms with Crippen LogP contribution < -0.4 is 5.63 Å². The molecule has 0 aliphatic carbocycles. The Balaban J connectivity index is -0.000000349. The number of amides is 2. The Bertz CT molecular complexity index is 2180. The largest absolute Gasteiger partial charge is 0.505 e. The molecule has 2 aromatic heterocycles. The van der Waals surface area contributed by atoms with Crippen molar-refractivity contribution in [3.63, 3.8) is 0 Å². The van der Waals surface area contributed by atoms with Crippen LogP contribution in [0.1, 0.15) is 86.3 Å². The molecule has 0 spiro atoms. The van der Waals surface area contributed by atoms with Crippen LogP contribution in [-0.2, 0) is 54.1 Å². The van der Waals surface area contributed by atoms with Crippen LogP contribution >= 0.6 is 0 Å². The summed E-state index contributed by atoms with van der Waals surface area (Å²) in [5.74, 6) is -1.23. The number of rotatable bonds is 7. The molecule has 1 saturated heterocycles. The maximum atomic E-state index is 10.8. The lowest BCUT2D eigenvalue weighted by Gasteiger charge is -2.03. The van der Waals surface area contributed by atoms with E-state index in [1.807, 2.05) is 84.0 Å². The molecular weight excluding hydrogens is 871 g/mol. The van der Waals surface area contributed by atoms with E-state index in [2.05, 4.69) is 64.0 Å². The molecule has 14 nitrogen and oxygen atoms in total. The number of aryl methyl sites for hydroxylation is 1. The lowest BCUT2D eigenvalue weighted by atomic mass is 10.1. The summed E-state index contributed by atoms with van der Waals surface area (Å²) in [4.78, 5) is 74.7. The van der Waals surface area contributed by atoms with Crippen LogP contribution in [0.5, 0.6) is 0 Å². The molecule has 68 heavy (non-hydrogen) atoms. The van der Waals surface area contributed by atoms with Crippen molar-refractivity contribution < 1.29 is 56.5 Å². The number of carbonyl (C=O) groups is 6. The number of allylic oxidation sites excluding steroid dienone is 1. The molecule has 4 heterocycles. The molecule has 0 radical (unpaired) electrons. The Hall–Kier alpha value is -7.61. The van der Waals surface area contributed by atoms with Crippen molar-refractivity contribution in [3.05, 3.63) is 174 Å². The number of likely N-dealkylation sites (N-methyl/N-ethyl adjacent to an activating group) is 1. The molecule has 2 aliphatic heterocycles. The number of fused-ring (bicyclic) bond motifs is 1. The average molecular weight is 944 g/mol. The highest BCUT2D eigenvalue weighted by atomic mass is 16.5. The number of nitrogens with zero attached hydrogens (tertiary/aromatic N) is 1. The molecular formula is C54H73NO13. The van der Waals surface area contributed by atoms with E-state index in [0.29, 0.717) is 35.1 Å². The first-order valence-corrected chi connectivity index (χ1v) is 21.6. The Labute approximate surface area is 403 Å². The maximum absolute atomic E-state index is 10.8. The summed E-state index contributed by atoms with van der Waals surface area (Å²) in [5, 5.41) is 0.951. The van der Waals surface area contributed by atoms with Gasteiger partial charge in [-0.05, 0) is 74.7 Å². The van der Waals surface area contributed by atoms with Gasteiger partial charge in [0.25, 0.3) is 11.8 Å². The fraction of sp³-hybridized carbons (Fsp3) is 0.315. The summed E-state index contributed by atoms with van der Waals surface area (Å²) in [6.07, 6.45) is 12.8. The number of hydrogen-bond donors (Lipinski definition) is 0. The number of furan rings is 1. The van der Waals surface area contributed by atoms with Crippen LogP contribution in [0.3, 0.4) is 0 Å². The molecule has 1 unspecified atom stereocenters. The summed E-state index contributed by atoms with van der Waals surface area (Å²) < 4.78 is 27.3. The van der Waals surface area contributed by atoms with Gasteiger partial charge in [0.2, 0.25) is 0 Å². The van der Waals surface area contributed by atoms with E-state index in [-0.39, 0.29) is 47.2 Å². The molecule has 1 fully saturated rings. The fourth-order valence-electron chi connectivity index (χ4n) is 4.10. The Morgan fingerprint density at radius 2 is 1.40 bits per heavy atom. The zero-order chi connectivity index (χ0) is 53.0. The molecule has 0 saturated carbocycles. The summed E-state index contributed by atoms with van der Waals surface area (Å²) in [5.41, 5.74) is 4.18. The molecule has 2 aliphatic rings. The van der Waals surface area contributed by atoms with Gasteiger partial charge in [-0.1, -0.05) is 110 Å². The molecule has 0 N–H and O–H groups in total. The monoisotopic (exact) mass is 944 g/mol. The first-order chi connectivity index (χ1) is 32.3. The van der Waals surface area contributed by atoms with Crippen molar-refractivity contribution >= 4 is 52.6 Å². The summed E-state index contributed by atoms with van der Waals surface area (Å²) in [7, 11) is 5.73. The fourth-order valence-corrected chi connectivity index (χ4v) is 4.10. The second-order valence-corrected chi connectivity index (χ2v) is 12.8. The van der Waals surface area contributed by atoms with Crippen molar-refractivity contribution in [2.75, 3.05) is 28.4 Å². The number of ketones is 1. The van der Waals surface area contributed by atoms with Crippen molar-refractivity contribution in [2.45, 2.75) is 87.7 Å². The molecule has 0 bridgehead atoms. The highest BCUT2D eigenvalue weighted by molar-refractivity contribution is 6.15. The van der Waals surface area contributed by atoms with Crippen molar-refractivity contribution in [2.24, 2.45) is 0 Å². The van der Waals surface area contributed by atoms with E-state index in [1.54, 1.807) is 51.7 Å². The molecule has 1 atom stereocenters. The number of para-hydroxylation sites is 1. The number of hydrogen-bond acceptors (Lipinski definition) is 13. The first-order valence-electron chi connectivity index (χ1n) is 21.6. The number of imide groups is 1. The predicted molar refractivity (Wildman–Crippen MR) is 271 cm³/mol. The quantitative estimate of drug-likeness (QED) is 0.0426. The van der Waals surface area contributed by atoms with Crippen LogP contribution in [0.15, 0.2) is 166 Å². The van der Waals surface area contributed by atoms with Crippen LogP contribution in [0, 0.1) is 0 Å². The molecule has 6 rings (SSSR count). The van der Waals surface area contributed by atoms with Crippen LogP contribution in [0.4, 0.5) is 0 Å². The average Bonchev–Trinajstić information content (AvgIpc) is 4.11. The zero-order valence-corrected chi connectivity index (χ0v) is 42.3. The third kappa shape index (κ3) is 33.8. The van der Waals surface area contributed by atoms with Gasteiger partial charge in [0.1, 0.15) is 11.7 Å². The SMILES string of the molecule is C=C(C)C(=O)OC.C=C1CC(C)OC1=O.C=CC(=O)CC.C=COC.CC.CC.CC1=CC(=O)N(C)C1=O.CCc1ccc(/C=C/C(=O)OC)cc1.O=c1ccc2ccccc2o1.c1ccoc1. The van der Waals surface area contributed by atoms with Gasteiger partial charge >= 0.3 is 23.5 Å². The van der Waals surface area contributed by atoms with E-state index in [0.717, 1.165) is 22.3 Å². The molecule has 2 aromatic carbocycles. The third-order valence-corrected chi connectivity index (χ3v) is 7.67. The lowest BCUT2D eigenvalue weighted by Crippen LogP contribution is -2.25. The maximum Gasteiger partial charge on any atom is 0.336 e. The lowest BCUT2D eigenvalue weighted by molar-refractivity contribution is -0.138. The first kappa shape index (κ1) is 67.0. The predicted octanol–water partition coefficient (Wildman–Crippen LogP) is 11.0.